The molecular weight excluding hydrogens is 360 g/mol. The van der Waals surface area contributed by atoms with Crippen LogP contribution in [0.1, 0.15) is 38.6 Å². The van der Waals surface area contributed by atoms with Crippen molar-refractivity contribution in [1.82, 2.24) is 10.1 Å². The van der Waals surface area contributed by atoms with Crippen LogP contribution >= 0.6 is 27.5 Å². The van der Waals surface area contributed by atoms with Crippen molar-refractivity contribution in [1.29, 1.82) is 0 Å². The Bertz CT molecular complexity index is 604. The van der Waals surface area contributed by atoms with Gasteiger partial charge in [0.15, 0.2) is 6.10 Å². The lowest BCUT2D eigenvalue weighted by atomic mass is 10.3. The van der Waals surface area contributed by atoms with Crippen LogP contribution in [-0.2, 0) is 11.3 Å². The third-order valence-corrected chi connectivity index (χ3v) is 3.37. The Morgan fingerprint density at radius 3 is 2.76 bits per heavy atom. The zero-order valence-corrected chi connectivity index (χ0v) is 14.3. The molecule has 0 fully saturated rings. The van der Waals surface area contributed by atoms with Crippen molar-refractivity contribution >= 4 is 27.5 Å². The summed E-state index contributed by atoms with van der Waals surface area (Å²) in [5, 5.41) is 4.41. The second kappa shape index (κ2) is 7.24. The molecule has 0 aliphatic rings. The standard InChI is InChI=1S/C14H16BrClN2O3/c1-8(2)19-7-13-17-14(18-21-13)9(3)20-12-5-4-10(15)6-11(12)16/h4-6,8-9H,7H2,1-3H3. The van der Waals surface area contributed by atoms with Gasteiger partial charge in [-0.15, -0.1) is 0 Å². The van der Waals surface area contributed by atoms with E-state index in [1.54, 1.807) is 12.1 Å². The van der Waals surface area contributed by atoms with Crippen molar-refractivity contribution < 1.29 is 14.0 Å². The van der Waals surface area contributed by atoms with Crippen molar-refractivity contribution in [3.63, 3.8) is 0 Å². The third kappa shape index (κ3) is 4.69. The van der Waals surface area contributed by atoms with Gasteiger partial charge in [-0.25, -0.2) is 0 Å². The van der Waals surface area contributed by atoms with Gasteiger partial charge in [-0.3, -0.25) is 0 Å². The Labute approximate surface area is 136 Å². The monoisotopic (exact) mass is 374 g/mol. The fourth-order valence-corrected chi connectivity index (χ4v) is 2.26. The van der Waals surface area contributed by atoms with Crippen molar-refractivity contribution in [2.45, 2.75) is 39.6 Å². The van der Waals surface area contributed by atoms with E-state index >= 15 is 0 Å². The van der Waals surface area contributed by atoms with Crippen LogP contribution in [0, 0.1) is 0 Å². The average molecular weight is 376 g/mol. The molecule has 1 unspecified atom stereocenters. The molecule has 1 aromatic heterocycles. The number of hydrogen-bond acceptors (Lipinski definition) is 5. The minimum atomic E-state index is -0.375. The van der Waals surface area contributed by atoms with E-state index in [0.29, 0.717) is 22.5 Å². The molecule has 0 aliphatic carbocycles. The van der Waals surface area contributed by atoms with Gasteiger partial charge in [0.1, 0.15) is 12.4 Å². The normalized spacial score (nSPS) is 12.7. The number of hydrogen-bond donors (Lipinski definition) is 0. The first-order chi connectivity index (χ1) is 9.95. The minimum absolute atomic E-state index is 0.107. The second-order valence-electron chi connectivity index (χ2n) is 4.74. The number of ether oxygens (including phenoxy) is 2. The lowest BCUT2D eigenvalue weighted by Gasteiger charge is -2.12. The summed E-state index contributed by atoms with van der Waals surface area (Å²) in [6.45, 7) is 6.00. The second-order valence-corrected chi connectivity index (χ2v) is 6.06. The lowest BCUT2D eigenvalue weighted by molar-refractivity contribution is 0.0485. The summed E-state index contributed by atoms with van der Waals surface area (Å²) in [5.41, 5.74) is 0. The molecule has 2 rings (SSSR count). The SMILES string of the molecule is CC(C)OCc1nc(C(C)Oc2ccc(Br)cc2Cl)no1. The summed E-state index contributed by atoms with van der Waals surface area (Å²) >= 11 is 9.46. The maximum absolute atomic E-state index is 6.11. The summed E-state index contributed by atoms with van der Waals surface area (Å²) in [7, 11) is 0. The molecule has 21 heavy (non-hydrogen) atoms. The third-order valence-electron chi connectivity index (χ3n) is 2.59. The quantitative estimate of drug-likeness (QED) is 0.741. The van der Waals surface area contributed by atoms with Crippen LogP contribution in [0.2, 0.25) is 5.02 Å². The van der Waals surface area contributed by atoms with Gasteiger partial charge in [0, 0.05) is 4.47 Å². The number of aromatic nitrogens is 2. The average Bonchev–Trinajstić information content (AvgIpc) is 2.88. The van der Waals surface area contributed by atoms with Gasteiger partial charge in [-0.05, 0) is 39.0 Å². The molecule has 0 bridgehead atoms. The molecule has 0 spiro atoms. The molecule has 0 saturated carbocycles. The van der Waals surface area contributed by atoms with E-state index in [1.807, 2.05) is 26.8 Å². The van der Waals surface area contributed by atoms with E-state index in [0.717, 1.165) is 4.47 Å². The summed E-state index contributed by atoms with van der Waals surface area (Å²) in [5.74, 6) is 1.45. The summed E-state index contributed by atoms with van der Waals surface area (Å²) in [4.78, 5) is 4.25. The first-order valence-electron chi connectivity index (χ1n) is 6.51. The van der Waals surface area contributed by atoms with E-state index in [2.05, 4.69) is 26.1 Å². The smallest absolute Gasteiger partial charge is 0.252 e. The maximum atomic E-state index is 6.11. The van der Waals surface area contributed by atoms with Gasteiger partial charge in [0.05, 0.1) is 11.1 Å². The van der Waals surface area contributed by atoms with E-state index < -0.39 is 0 Å². The highest BCUT2D eigenvalue weighted by atomic mass is 79.9. The first kappa shape index (κ1) is 16.3. The van der Waals surface area contributed by atoms with Crippen molar-refractivity contribution in [3.05, 3.63) is 39.4 Å². The largest absolute Gasteiger partial charge is 0.481 e. The molecule has 5 nitrogen and oxygen atoms in total. The van der Waals surface area contributed by atoms with Crippen LogP contribution in [0.5, 0.6) is 5.75 Å². The van der Waals surface area contributed by atoms with E-state index in [4.69, 9.17) is 25.6 Å². The van der Waals surface area contributed by atoms with Crippen LogP contribution in [-0.4, -0.2) is 16.2 Å². The Hall–Kier alpha value is -1.11. The van der Waals surface area contributed by atoms with E-state index in [-0.39, 0.29) is 18.8 Å². The number of rotatable bonds is 6. The summed E-state index contributed by atoms with van der Waals surface area (Å²) < 4.78 is 17.2. The number of benzene rings is 1. The molecule has 2 aromatic rings. The Morgan fingerprint density at radius 2 is 2.10 bits per heavy atom. The highest BCUT2D eigenvalue weighted by Crippen LogP contribution is 2.30. The van der Waals surface area contributed by atoms with Gasteiger partial charge in [0.2, 0.25) is 5.82 Å². The topological polar surface area (TPSA) is 57.4 Å². The van der Waals surface area contributed by atoms with Crippen LogP contribution in [0.4, 0.5) is 0 Å². The predicted octanol–water partition coefficient (Wildman–Crippen LogP) is 4.55. The van der Waals surface area contributed by atoms with Gasteiger partial charge in [-0.1, -0.05) is 32.7 Å². The van der Waals surface area contributed by atoms with Gasteiger partial charge < -0.3 is 14.0 Å². The molecule has 0 aliphatic heterocycles. The predicted molar refractivity (Wildman–Crippen MR) is 82.4 cm³/mol. The Balaban J connectivity index is 2.01. The fraction of sp³-hybridized carbons (Fsp3) is 0.429. The van der Waals surface area contributed by atoms with Gasteiger partial charge in [-0.2, -0.15) is 4.98 Å². The molecule has 0 radical (unpaired) electrons. The lowest BCUT2D eigenvalue weighted by Crippen LogP contribution is -2.06. The van der Waals surface area contributed by atoms with E-state index in [9.17, 15) is 0 Å². The molecule has 0 amide bonds. The fourth-order valence-electron chi connectivity index (χ4n) is 1.54. The van der Waals surface area contributed by atoms with Crippen LogP contribution in [0.3, 0.4) is 0 Å². The van der Waals surface area contributed by atoms with Crippen LogP contribution in [0.15, 0.2) is 27.2 Å². The zero-order valence-electron chi connectivity index (χ0n) is 12.0. The van der Waals surface area contributed by atoms with Crippen LogP contribution in [0.25, 0.3) is 0 Å². The molecule has 114 valence electrons. The van der Waals surface area contributed by atoms with Gasteiger partial charge >= 0.3 is 0 Å². The minimum Gasteiger partial charge on any atom is -0.481 e. The Morgan fingerprint density at radius 1 is 1.33 bits per heavy atom. The first-order valence-corrected chi connectivity index (χ1v) is 7.68. The summed E-state index contributed by atoms with van der Waals surface area (Å²) in [6, 6.07) is 5.40. The highest BCUT2D eigenvalue weighted by Gasteiger charge is 2.17. The molecule has 1 atom stereocenters. The summed E-state index contributed by atoms with van der Waals surface area (Å²) in [6.07, 6.45) is -0.268. The van der Waals surface area contributed by atoms with Crippen LogP contribution < -0.4 is 4.74 Å². The molecule has 0 saturated heterocycles. The molecule has 1 heterocycles. The maximum Gasteiger partial charge on any atom is 0.252 e. The number of nitrogens with zero attached hydrogens (tertiary/aromatic N) is 2. The molecular formula is C14H16BrClN2O3. The van der Waals surface area contributed by atoms with Crippen molar-refractivity contribution in [2.75, 3.05) is 0 Å². The molecule has 1 aromatic carbocycles. The molecule has 0 N–H and O–H groups in total. The van der Waals surface area contributed by atoms with E-state index in [1.165, 1.54) is 0 Å². The van der Waals surface area contributed by atoms with Crippen molar-refractivity contribution in [3.8, 4) is 5.75 Å². The van der Waals surface area contributed by atoms with Gasteiger partial charge in [0.25, 0.3) is 5.89 Å². The molecule has 7 heteroatoms. The Kier molecular flexibility index (Phi) is 5.61. The highest BCUT2D eigenvalue weighted by molar-refractivity contribution is 9.10. The van der Waals surface area contributed by atoms with Crippen molar-refractivity contribution in [2.24, 2.45) is 0 Å². The zero-order chi connectivity index (χ0) is 15.4. The number of halogens is 2.